The van der Waals surface area contributed by atoms with Crippen LogP contribution in [0.3, 0.4) is 0 Å². The van der Waals surface area contributed by atoms with Crippen molar-refractivity contribution in [2.45, 2.75) is 56.7 Å². The van der Waals surface area contributed by atoms with E-state index in [1.54, 1.807) is 0 Å². The molecule has 0 heterocycles. The molecule has 0 saturated heterocycles. The molecular weight excluding hydrogens is 380 g/mol. The number of ether oxygens (including phenoxy) is 1. The summed E-state index contributed by atoms with van der Waals surface area (Å²) in [6, 6.07) is 5.81. The molecule has 4 fully saturated rings. The van der Waals surface area contributed by atoms with Gasteiger partial charge in [0.1, 0.15) is 0 Å². The molecule has 0 amide bonds. The Kier molecular flexibility index (Phi) is 4.10. The van der Waals surface area contributed by atoms with Crippen LogP contribution in [-0.4, -0.2) is 22.7 Å². The van der Waals surface area contributed by atoms with Crippen LogP contribution in [0.2, 0.25) is 0 Å². The molecule has 0 N–H and O–H groups in total. The van der Waals surface area contributed by atoms with Gasteiger partial charge in [-0.1, -0.05) is 33.6 Å². The molecule has 4 aliphatic rings. The van der Waals surface area contributed by atoms with Crippen LogP contribution in [0, 0.1) is 31.1 Å². The minimum absolute atomic E-state index is 0.104. The summed E-state index contributed by atoms with van der Waals surface area (Å²) in [4.78, 5) is 25.5. The van der Waals surface area contributed by atoms with Crippen molar-refractivity contribution in [1.82, 2.24) is 0 Å². The summed E-state index contributed by atoms with van der Waals surface area (Å²) in [5.74, 6) is 1.00. The van der Waals surface area contributed by atoms with E-state index in [1.165, 1.54) is 19.3 Å². The second-order valence-electron chi connectivity index (χ2n) is 8.71. The fourth-order valence-corrected chi connectivity index (χ4v) is 7.24. The number of Topliss-reactive ketones (excluding diaryl/α,β-unsaturated/α-hetero) is 1. The first kappa shape index (κ1) is 17.3. The van der Waals surface area contributed by atoms with Crippen LogP contribution < -0.4 is 0 Å². The molecule has 4 aliphatic carbocycles. The van der Waals surface area contributed by atoms with Crippen LogP contribution in [0.25, 0.3) is 0 Å². The van der Waals surface area contributed by atoms with Crippen molar-refractivity contribution in [2.24, 2.45) is 17.3 Å². The monoisotopic (exact) mass is 404 g/mol. The predicted octanol–water partition coefficient (Wildman–Crippen LogP) is 4.76. The van der Waals surface area contributed by atoms with E-state index >= 15 is 0 Å². The lowest BCUT2D eigenvalue weighted by molar-refractivity contribution is -0.168. The molecule has 25 heavy (non-hydrogen) atoms. The van der Waals surface area contributed by atoms with Gasteiger partial charge >= 0.3 is 5.97 Å². The number of benzene rings is 1. The lowest BCUT2D eigenvalue weighted by Gasteiger charge is -2.58. The zero-order chi connectivity index (χ0) is 17.8. The number of hydrogen-bond donors (Lipinski definition) is 0. The summed E-state index contributed by atoms with van der Waals surface area (Å²) in [5, 5.41) is 0. The van der Waals surface area contributed by atoms with Gasteiger partial charge in [0.15, 0.2) is 6.61 Å². The Morgan fingerprint density at radius 3 is 2.48 bits per heavy atom. The molecule has 0 aliphatic heterocycles. The molecule has 2 unspecified atom stereocenters. The van der Waals surface area contributed by atoms with E-state index in [2.05, 4.69) is 15.9 Å². The maximum absolute atomic E-state index is 12.9. The van der Waals surface area contributed by atoms with Gasteiger partial charge < -0.3 is 4.74 Å². The number of esters is 1. The average Bonchev–Trinajstić information content (AvgIpc) is 2.52. The molecule has 0 radical (unpaired) electrons. The molecule has 0 spiro atoms. The zero-order valence-corrected chi connectivity index (χ0v) is 16.5. The fraction of sp³-hybridized carbons (Fsp3) is 0.619. The quantitative estimate of drug-likeness (QED) is 0.412. The first-order valence-electron chi connectivity index (χ1n) is 9.25. The second kappa shape index (κ2) is 5.94. The van der Waals surface area contributed by atoms with E-state index in [0.29, 0.717) is 17.4 Å². The third-order valence-corrected chi connectivity index (χ3v) is 7.38. The van der Waals surface area contributed by atoms with Crippen LogP contribution in [0.4, 0.5) is 0 Å². The number of carbonyl (C=O) groups is 2. The van der Waals surface area contributed by atoms with Crippen molar-refractivity contribution < 1.29 is 14.3 Å². The largest absolute Gasteiger partial charge is 0.457 e. The third kappa shape index (κ3) is 3.07. The standard InChI is InChI=1S/C21H25BrO3/c1-13-3-4-14(2)17(5-13)18(23)11-25-19(24)20-7-15-6-16(8-20)10-21(22,9-15)12-20/h3-5,15-16H,6-12H2,1-2H3. The van der Waals surface area contributed by atoms with Crippen LogP contribution in [0.1, 0.15) is 60.0 Å². The maximum Gasteiger partial charge on any atom is 0.312 e. The first-order chi connectivity index (χ1) is 11.8. The van der Waals surface area contributed by atoms with Gasteiger partial charge in [0.05, 0.1) is 5.41 Å². The van der Waals surface area contributed by atoms with Crippen LogP contribution in [0.5, 0.6) is 0 Å². The van der Waals surface area contributed by atoms with Crippen molar-refractivity contribution in [3.05, 3.63) is 34.9 Å². The Morgan fingerprint density at radius 1 is 1.16 bits per heavy atom. The molecule has 0 aromatic heterocycles. The number of halogens is 1. The lowest BCUT2D eigenvalue weighted by atomic mass is 9.49. The average molecular weight is 405 g/mol. The Hall–Kier alpha value is -1.16. The molecule has 4 heteroatoms. The van der Waals surface area contributed by atoms with Crippen molar-refractivity contribution >= 4 is 27.7 Å². The summed E-state index contributed by atoms with van der Waals surface area (Å²) < 4.78 is 5.69. The van der Waals surface area contributed by atoms with Crippen LogP contribution in [0.15, 0.2) is 18.2 Å². The van der Waals surface area contributed by atoms with Crippen LogP contribution >= 0.6 is 15.9 Å². The Labute approximate surface area is 157 Å². The normalized spacial score (nSPS) is 35.6. The molecule has 1 aromatic rings. The second-order valence-corrected chi connectivity index (χ2v) is 10.4. The minimum atomic E-state index is -0.366. The van der Waals surface area contributed by atoms with Gasteiger partial charge in [-0.25, -0.2) is 0 Å². The van der Waals surface area contributed by atoms with Gasteiger partial charge in [-0.05, 0) is 75.8 Å². The molecule has 4 saturated carbocycles. The summed E-state index contributed by atoms with van der Waals surface area (Å²) in [6.07, 6.45) is 6.36. The number of aryl methyl sites for hydroxylation is 2. The maximum atomic E-state index is 12.9. The SMILES string of the molecule is Cc1ccc(C)c(C(=O)COC(=O)C23CC4CC(CC(Br)(C4)C2)C3)c1. The van der Waals surface area contributed by atoms with Gasteiger partial charge in [0, 0.05) is 9.89 Å². The number of rotatable bonds is 4. The minimum Gasteiger partial charge on any atom is -0.457 e. The van der Waals surface area contributed by atoms with E-state index in [1.807, 2.05) is 32.0 Å². The highest BCUT2D eigenvalue weighted by Crippen LogP contribution is 2.64. The summed E-state index contributed by atoms with van der Waals surface area (Å²) in [5.41, 5.74) is 2.27. The Bertz CT molecular complexity index is 725. The van der Waals surface area contributed by atoms with E-state index in [-0.39, 0.29) is 28.1 Å². The van der Waals surface area contributed by atoms with Gasteiger partial charge in [-0.15, -0.1) is 0 Å². The number of alkyl halides is 1. The predicted molar refractivity (Wildman–Crippen MR) is 100.0 cm³/mol. The van der Waals surface area contributed by atoms with Crippen LogP contribution in [-0.2, 0) is 9.53 Å². The van der Waals surface area contributed by atoms with Crippen molar-refractivity contribution in [2.75, 3.05) is 6.61 Å². The highest BCUT2D eigenvalue weighted by Gasteiger charge is 2.60. The molecule has 1 aromatic carbocycles. The number of carbonyl (C=O) groups excluding carboxylic acids is 2. The van der Waals surface area contributed by atoms with E-state index < -0.39 is 0 Å². The first-order valence-corrected chi connectivity index (χ1v) is 10.0. The third-order valence-electron chi connectivity index (χ3n) is 6.45. The Balaban J connectivity index is 1.46. The molecule has 134 valence electrons. The smallest absolute Gasteiger partial charge is 0.312 e. The van der Waals surface area contributed by atoms with E-state index in [9.17, 15) is 9.59 Å². The van der Waals surface area contributed by atoms with Gasteiger partial charge in [-0.3, -0.25) is 9.59 Å². The van der Waals surface area contributed by atoms with Gasteiger partial charge in [0.2, 0.25) is 5.78 Å². The number of ketones is 1. The summed E-state index contributed by atoms with van der Waals surface area (Å²) >= 11 is 3.92. The highest BCUT2D eigenvalue weighted by molar-refractivity contribution is 9.10. The van der Waals surface area contributed by atoms with Crippen molar-refractivity contribution in [1.29, 1.82) is 0 Å². The fourth-order valence-electron chi connectivity index (χ4n) is 5.79. The molecule has 3 nitrogen and oxygen atoms in total. The molecule has 4 bridgehead atoms. The van der Waals surface area contributed by atoms with E-state index in [4.69, 9.17) is 4.74 Å². The number of hydrogen-bond acceptors (Lipinski definition) is 3. The van der Waals surface area contributed by atoms with Gasteiger partial charge in [0.25, 0.3) is 0 Å². The van der Waals surface area contributed by atoms with Gasteiger partial charge in [-0.2, -0.15) is 0 Å². The molecule has 5 rings (SSSR count). The summed E-state index contributed by atoms with van der Waals surface area (Å²) in [6.45, 7) is 3.74. The lowest BCUT2D eigenvalue weighted by Crippen LogP contribution is -2.56. The highest BCUT2D eigenvalue weighted by atomic mass is 79.9. The topological polar surface area (TPSA) is 43.4 Å². The summed E-state index contributed by atoms with van der Waals surface area (Å²) in [7, 11) is 0. The molecule has 2 atom stereocenters. The van der Waals surface area contributed by atoms with E-state index in [0.717, 1.165) is 30.4 Å². The van der Waals surface area contributed by atoms with Crippen molar-refractivity contribution in [3.8, 4) is 0 Å². The molecular formula is C21H25BrO3. The Morgan fingerprint density at radius 2 is 1.84 bits per heavy atom. The zero-order valence-electron chi connectivity index (χ0n) is 14.9. The van der Waals surface area contributed by atoms with Crippen molar-refractivity contribution in [3.63, 3.8) is 0 Å².